The van der Waals surface area contributed by atoms with Gasteiger partial charge >= 0.3 is 0 Å². The minimum absolute atomic E-state index is 0.170. The summed E-state index contributed by atoms with van der Waals surface area (Å²) in [6.07, 6.45) is 5.90. The fourth-order valence-corrected chi connectivity index (χ4v) is 4.79. The highest BCUT2D eigenvalue weighted by Crippen LogP contribution is 2.35. The van der Waals surface area contributed by atoms with Crippen molar-refractivity contribution in [3.8, 4) is 0 Å². The summed E-state index contributed by atoms with van der Waals surface area (Å²) in [5.74, 6) is 0. The minimum Gasteiger partial charge on any atom is -0.228 e. The van der Waals surface area contributed by atoms with Crippen LogP contribution in [0, 0.1) is 0 Å². The zero-order chi connectivity index (χ0) is 8.77. The number of alkyl halides is 1. The summed E-state index contributed by atoms with van der Waals surface area (Å²) in [5, 5.41) is -0.731. The third kappa shape index (κ3) is 1.11. The standard InChI is InChI=1S/C8H11ClO2S/c9-7-5-4-6-2-1-3-8(7)12(6,10)11/h1-2,6-8H,3-5H2/t6-,7+,8+/m1/s1. The highest BCUT2D eigenvalue weighted by atomic mass is 35.5. The monoisotopic (exact) mass is 206 g/mol. The molecule has 2 rings (SSSR count). The molecule has 0 aliphatic carbocycles. The molecule has 68 valence electrons. The Morgan fingerprint density at radius 3 is 2.75 bits per heavy atom. The molecule has 0 amide bonds. The summed E-state index contributed by atoms with van der Waals surface area (Å²) in [6, 6.07) is 0. The number of fused-ring (bicyclic) bond motifs is 2. The number of halogens is 1. The summed E-state index contributed by atoms with van der Waals surface area (Å²) in [5.41, 5.74) is 0. The van der Waals surface area contributed by atoms with Gasteiger partial charge in [0.15, 0.2) is 9.84 Å². The second-order valence-electron chi connectivity index (χ2n) is 3.42. The van der Waals surface area contributed by atoms with Gasteiger partial charge in [-0.3, -0.25) is 0 Å². The van der Waals surface area contributed by atoms with E-state index in [-0.39, 0.29) is 15.9 Å². The molecule has 2 aliphatic rings. The molecule has 0 radical (unpaired) electrons. The lowest BCUT2D eigenvalue weighted by Crippen LogP contribution is -2.43. The first-order valence-electron chi connectivity index (χ1n) is 4.16. The van der Waals surface area contributed by atoms with Gasteiger partial charge in [0.25, 0.3) is 0 Å². The van der Waals surface area contributed by atoms with Crippen LogP contribution in [0.5, 0.6) is 0 Å². The van der Waals surface area contributed by atoms with Crippen molar-refractivity contribution in [2.45, 2.75) is 35.1 Å². The lowest BCUT2D eigenvalue weighted by molar-refractivity contribution is 0.519. The molecule has 3 atom stereocenters. The molecule has 2 aliphatic heterocycles. The van der Waals surface area contributed by atoms with Gasteiger partial charge in [-0.2, -0.15) is 0 Å². The van der Waals surface area contributed by atoms with Crippen LogP contribution in [-0.4, -0.2) is 24.3 Å². The molecule has 0 aromatic heterocycles. The molecular weight excluding hydrogens is 196 g/mol. The Labute approximate surface area is 77.5 Å². The molecule has 0 N–H and O–H groups in total. The van der Waals surface area contributed by atoms with Crippen molar-refractivity contribution < 1.29 is 8.42 Å². The Hall–Kier alpha value is -0.0200. The maximum atomic E-state index is 11.7. The molecule has 12 heavy (non-hydrogen) atoms. The number of hydrogen-bond donors (Lipinski definition) is 0. The number of allylic oxidation sites excluding steroid dienone is 1. The number of hydrogen-bond acceptors (Lipinski definition) is 2. The molecule has 4 heteroatoms. The van der Waals surface area contributed by atoms with Crippen LogP contribution in [0.3, 0.4) is 0 Å². The number of rotatable bonds is 0. The smallest absolute Gasteiger partial charge is 0.161 e. The number of sulfone groups is 1. The highest BCUT2D eigenvalue weighted by molar-refractivity contribution is 7.93. The fraction of sp³-hybridized carbons (Fsp3) is 0.750. The maximum Gasteiger partial charge on any atom is 0.161 e. The molecule has 0 saturated carbocycles. The summed E-state index contributed by atoms with van der Waals surface area (Å²) >= 11 is 5.95. The van der Waals surface area contributed by atoms with Crippen LogP contribution >= 0.6 is 11.6 Å². The van der Waals surface area contributed by atoms with E-state index in [1.807, 2.05) is 12.2 Å². The zero-order valence-corrected chi connectivity index (χ0v) is 8.18. The topological polar surface area (TPSA) is 34.1 Å². The van der Waals surface area contributed by atoms with Crippen LogP contribution in [-0.2, 0) is 9.84 Å². The lowest BCUT2D eigenvalue weighted by atomic mass is 10.0. The van der Waals surface area contributed by atoms with Gasteiger partial charge in [0.2, 0.25) is 0 Å². The van der Waals surface area contributed by atoms with E-state index >= 15 is 0 Å². The van der Waals surface area contributed by atoms with Crippen LogP contribution in [0.25, 0.3) is 0 Å². The van der Waals surface area contributed by atoms with Gasteiger partial charge in [-0.1, -0.05) is 12.2 Å². The molecular formula is C8H11ClO2S. The lowest BCUT2D eigenvalue weighted by Gasteiger charge is -2.33. The summed E-state index contributed by atoms with van der Waals surface area (Å²) in [7, 11) is -2.93. The van der Waals surface area contributed by atoms with Crippen LogP contribution in [0.1, 0.15) is 19.3 Å². The highest BCUT2D eigenvalue weighted by Gasteiger charge is 2.42. The third-order valence-corrected chi connectivity index (χ3v) is 5.97. The van der Waals surface area contributed by atoms with Gasteiger partial charge < -0.3 is 0 Å². The van der Waals surface area contributed by atoms with E-state index in [2.05, 4.69) is 0 Å². The largest absolute Gasteiger partial charge is 0.228 e. The average molecular weight is 207 g/mol. The first-order chi connectivity index (χ1) is 5.62. The molecule has 2 bridgehead atoms. The third-order valence-electron chi connectivity index (χ3n) is 2.69. The van der Waals surface area contributed by atoms with Crippen molar-refractivity contribution in [1.82, 2.24) is 0 Å². The molecule has 0 aromatic carbocycles. The first-order valence-corrected chi connectivity index (χ1v) is 6.20. The van der Waals surface area contributed by atoms with Crippen molar-refractivity contribution in [2.24, 2.45) is 0 Å². The predicted molar refractivity (Wildman–Crippen MR) is 49.1 cm³/mol. The van der Waals surface area contributed by atoms with E-state index in [9.17, 15) is 8.42 Å². The second-order valence-corrected chi connectivity index (χ2v) is 6.37. The van der Waals surface area contributed by atoms with Crippen LogP contribution in [0.2, 0.25) is 0 Å². The van der Waals surface area contributed by atoms with Crippen molar-refractivity contribution in [3.05, 3.63) is 12.2 Å². The van der Waals surface area contributed by atoms with E-state index in [0.29, 0.717) is 12.8 Å². The van der Waals surface area contributed by atoms with E-state index in [4.69, 9.17) is 11.6 Å². The SMILES string of the molecule is O=S1(=O)[C@@H]2C=CC[C@H]1[C@@H](Cl)CC2. The van der Waals surface area contributed by atoms with E-state index in [1.54, 1.807) is 0 Å². The molecule has 2 nitrogen and oxygen atoms in total. The Morgan fingerprint density at radius 1 is 1.33 bits per heavy atom. The van der Waals surface area contributed by atoms with E-state index < -0.39 is 9.84 Å². The Kier molecular flexibility index (Phi) is 1.96. The molecule has 1 saturated heterocycles. The molecule has 0 unspecified atom stereocenters. The fourth-order valence-electron chi connectivity index (χ4n) is 1.96. The maximum absolute atomic E-state index is 11.7. The molecule has 0 aromatic rings. The van der Waals surface area contributed by atoms with Crippen molar-refractivity contribution >= 4 is 21.4 Å². The average Bonchev–Trinajstić information content (AvgIpc) is 1.95. The minimum atomic E-state index is -2.93. The van der Waals surface area contributed by atoms with Crippen molar-refractivity contribution in [2.75, 3.05) is 0 Å². The Bertz CT molecular complexity index is 307. The van der Waals surface area contributed by atoms with E-state index in [1.165, 1.54) is 0 Å². The Balaban J connectivity index is 2.44. The van der Waals surface area contributed by atoms with Crippen molar-refractivity contribution in [1.29, 1.82) is 0 Å². The van der Waals surface area contributed by atoms with E-state index in [0.717, 1.165) is 6.42 Å². The second kappa shape index (κ2) is 2.74. The normalized spacial score (nSPS) is 44.2. The van der Waals surface area contributed by atoms with Gasteiger partial charge in [0.05, 0.1) is 15.9 Å². The molecule has 0 spiro atoms. The quantitative estimate of drug-likeness (QED) is 0.445. The molecule has 2 heterocycles. The van der Waals surface area contributed by atoms with Gasteiger partial charge in [0.1, 0.15) is 0 Å². The van der Waals surface area contributed by atoms with Crippen LogP contribution < -0.4 is 0 Å². The predicted octanol–water partition coefficient (Wildman–Crippen LogP) is 1.50. The summed E-state index contributed by atoms with van der Waals surface area (Å²) in [6.45, 7) is 0. The molecule has 1 fully saturated rings. The van der Waals surface area contributed by atoms with Crippen LogP contribution in [0.15, 0.2) is 12.2 Å². The Morgan fingerprint density at radius 2 is 2.08 bits per heavy atom. The van der Waals surface area contributed by atoms with Gasteiger partial charge in [0, 0.05) is 0 Å². The summed E-state index contributed by atoms with van der Waals surface area (Å²) < 4.78 is 23.3. The zero-order valence-electron chi connectivity index (χ0n) is 6.61. The van der Waals surface area contributed by atoms with Crippen LogP contribution in [0.4, 0.5) is 0 Å². The van der Waals surface area contributed by atoms with Gasteiger partial charge in [-0.15, -0.1) is 11.6 Å². The van der Waals surface area contributed by atoms with Gasteiger partial charge in [-0.05, 0) is 19.3 Å². The van der Waals surface area contributed by atoms with Gasteiger partial charge in [-0.25, -0.2) is 8.42 Å². The summed E-state index contributed by atoms with van der Waals surface area (Å²) in [4.78, 5) is 0. The van der Waals surface area contributed by atoms with Crippen molar-refractivity contribution in [3.63, 3.8) is 0 Å². The first kappa shape index (κ1) is 8.57.